The lowest BCUT2D eigenvalue weighted by Crippen LogP contribution is -2.39. The van der Waals surface area contributed by atoms with E-state index >= 15 is 0 Å². The number of unbranched alkanes of at least 4 members (excludes halogenated alkanes) is 2. The van der Waals surface area contributed by atoms with Crippen LogP contribution in [0.3, 0.4) is 0 Å². The molecular formula is C26H38N6O2. The van der Waals surface area contributed by atoms with Gasteiger partial charge < -0.3 is 26.0 Å². The van der Waals surface area contributed by atoms with Crippen molar-refractivity contribution in [3.05, 3.63) is 46.4 Å². The summed E-state index contributed by atoms with van der Waals surface area (Å²) in [4.78, 5) is 21.3. The van der Waals surface area contributed by atoms with Gasteiger partial charge in [-0.3, -0.25) is 4.79 Å². The Hall–Kier alpha value is -2.97. The number of rotatable bonds is 12. The maximum absolute atomic E-state index is 12.5. The zero-order chi connectivity index (χ0) is 24.7. The second kappa shape index (κ2) is 11.4. The van der Waals surface area contributed by atoms with E-state index in [4.69, 9.17) is 5.73 Å². The molecule has 0 radical (unpaired) electrons. The number of anilines is 2. The van der Waals surface area contributed by atoms with Crippen molar-refractivity contribution in [2.45, 2.75) is 65.0 Å². The number of aryl methyl sites for hydroxylation is 1. The molecule has 1 unspecified atom stereocenters. The fraction of sp³-hybridized carbons (Fsp3) is 0.500. The molecule has 0 saturated carbocycles. The first kappa shape index (κ1) is 25.6. The number of aliphatic hydroxyl groups is 1. The van der Waals surface area contributed by atoms with Crippen LogP contribution in [-0.4, -0.2) is 38.3 Å². The van der Waals surface area contributed by atoms with Crippen LogP contribution in [-0.2, 0) is 13.6 Å². The van der Waals surface area contributed by atoms with Crippen LogP contribution in [0.4, 0.5) is 11.8 Å². The number of nitrogens with one attached hydrogen (secondary N) is 2. The van der Waals surface area contributed by atoms with Gasteiger partial charge in [-0.05, 0) is 55.1 Å². The molecule has 3 rings (SSSR count). The molecule has 0 amide bonds. The minimum atomic E-state index is -0.509. The normalized spacial score (nSPS) is 13.2. The van der Waals surface area contributed by atoms with Crippen LogP contribution < -0.4 is 21.9 Å². The Morgan fingerprint density at radius 2 is 1.91 bits per heavy atom. The van der Waals surface area contributed by atoms with Crippen LogP contribution in [0.25, 0.3) is 22.0 Å². The van der Waals surface area contributed by atoms with Gasteiger partial charge in [0, 0.05) is 31.2 Å². The van der Waals surface area contributed by atoms with Gasteiger partial charge in [-0.15, -0.1) is 0 Å². The molecule has 0 fully saturated rings. The standard InChI is InChI=1S/C26H38N6O2/c1-5-7-11-26(3,17-33)31-24-20-10-9-18(13-22(20)29-25(27)30-24)21-14-23(34)32(4)16-19(21)15-28-12-8-6-2/h9-10,13-14,16,28,33H,5-8,11-12,15,17H2,1-4H3,(H3,27,29,30,31). The molecule has 2 aromatic heterocycles. The van der Waals surface area contributed by atoms with Crippen LogP contribution in [0.5, 0.6) is 0 Å². The second-order valence-electron chi connectivity index (χ2n) is 9.30. The summed E-state index contributed by atoms with van der Waals surface area (Å²) < 4.78 is 1.61. The van der Waals surface area contributed by atoms with Crippen molar-refractivity contribution in [3.63, 3.8) is 0 Å². The van der Waals surface area contributed by atoms with Crippen LogP contribution >= 0.6 is 0 Å². The SMILES string of the molecule is CCCCNCc1cn(C)c(=O)cc1-c1ccc2c(NC(C)(CO)CCCC)nc(N)nc2c1. The van der Waals surface area contributed by atoms with Gasteiger partial charge in [0.05, 0.1) is 17.7 Å². The number of aromatic nitrogens is 3. The highest BCUT2D eigenvalue weighted by molar-refractivity contribution is 5.93. The summed E-state index contributed by atoms with van der Waals surface area (Å²) >= 11 is 0. The minimum absolute atomic E-state index is 0.0157. The zero-order valence-electron chi connectivity index (χ0n) is 20.8. The van der Waals surface area contributed by atoms with Crippen molar-refractivity contribution < 1.29 is 5.11 Å². The number of pyridine rings is 1. The molecule has 184 valence electrons. The van der Waals surface area contributed by atoms with Crippen LogP contribution in [0, 0.1) is 0 Å². The van der Waals surface area contributed by atoms with E-state index in [9.17, 15) is 9.90 Å². The first-order chi connectivity index (χ1) is 16.3. The van der Waals surface area contributed by atoms with Crippen molar-refractivity contribution in [2.75, 3.05) is 24.2 Å². The minimum Gasteiger partial charge on any atom is -0.394 e. The van der Waals surface area contributed by atoms with Crippen molar-refractivity contribution >= 4 is 22.7 Å². The summed E-state index contributed by atoms with van der Waals surface area (Å²) in [5.41, 5.74) is 9.00. The topological polar surface area (TPSA) is 118 Å². The molecule has 0 aliphatic carbocycles. The third-order valence-corrected chi connectivity index (χ3v) is 6.21. The largest absolute Gasteiger partial charge is 0.394 e. The van der Waals surface area contributed by atoms with Gasteiger partial charge in [0.25, 0.3) is 5.56 Å². The molecule has 0 aliphatic heterocycles. The van der Waals surface area contributed by atoms with Gasteiger partial charge in [0.15, 0.2) is 0 Å². The van der Waals surface area contributed by atoms with E-state index in [1.54, 1.807) is 17.7 Å². The Morgan fingerprint density at radius 3 is 2.62 bits per heavy atom. The molecule has 34 heavy (non-hydrogen) atoms. The zero-order valence-corrected chi connectivity index (χ0v) is 20.8. The average Bonchev–Trinajstić information content (AvgIpc) is 2.82. The van der Waals surface area contributed by atoms with Gasteiger partial charge in [-0.25, -0.2) is 4.98 Å². The summed E-state index contributed by atoms with van der Waals surface area (Å²) in [5, 5.41) is 17.7. The molecule has 0 spiro atoms. The van der Waals surface area contributed by atoms with Gasteiger partial charge >= 0.3 is 0 Å². The molecule has 2 heterocycles. The summed E-state index contributed by atoms with van der Waals surface area (Å²) in [5.74, 6) is 0.764. The lowest BCUT2D eigenvalue weighted by atomic mass is 9.95. The molecule has 1 aromatic carbocycles. The molecule has 0 bridgehead atoms. The molecule has 0 saturated heterocycles. The fourth-order valence-electron chi connectivity index (χ4n) is 4.06. The molecule has 3 aromatic rings. The van der Waals surface area contributed by atoms with E-state index in [2.05, 4.69) is 34.4 Å². The lowest BCUT2D eigenvalue weighted by molar-refractivity contribution is 0.212. The highest BCUT2D eigenvalue weighted by Gasteiger charge is 2.24. The number of nitrogen functional groups attached to an aromatic ring is 1. The van der Waals surface area contributed by atoms with Crippen molar-refractivity contribution in [2.24, 2.45) is 7.05 Å². The van der Waals surface area contributed by atoms with Crippen molar-refractivity contribution in [1.29, 1.82) is 0 Å². The number of benzene rings is 1. The molecule has 8 nitrogen and oxygen atoms in total. The summed E-state index contributed by atoms with van der Waals surface area (Å²) in [6.07, 6.45) is 6.97. The average molecular weight is 467 g/mol. The van der Waals surface area contributed by atoms with Gasteiger partial charge in [0.1, 0.15) is 5.82 Å². The van der Waals surface area contributed by atoms with Crippen molar-refractivity contribution in [3.8, 4) is 11.1 Å². The number of aliphatic hydroxyl groups excluding tert-OH is 1. The third kappa shape index (κ3) is 6.12. The Morgan fingerprint density at radius 1 is 1.15 bits per heavy atom. The number of hydrogen-bond donors (Lipinski definition) is 4. The first-order valence-corrected chi connectivity index (χ1v) is 12.2. The first-order valence-electron chi connectivity index (χ1n) is 12.2. The molecule has 5 N–H and O–H groups in total. The fourth-order valence-corrected chi connectivity index (χ4v) is 4.06. The van der Waals surface area contributed by atoms with E-state index in [0.717, 1.165) is 60.7 Å². The van der Waals surface area contributed by atoms with Crippen LogP contribution in [0.15, 0.2) is 35.3 Å². The molecule has 1 atom stereocenters. The number of fused-ring (bicyclic) bond motifs is 1. The second-order valence-corrected chi connectivity index (χ2v) is 9.30. The molecule has 8 heteroatoms. The molecule has 0 aliphatic rings. The van der Waals surface area contributed by atoms with E-state index in [-0.39, 0.29) is 18.1 Å². The predicted octanol–water partition coefficient (Wildman–Crippen LogP) is 3.82. The maximum atomic E-state index is 12.5. The number of hydrogen-bond acceptors (Lipinski definition) is 7. The Balaban J connectivity index is 2.02. The Bertz CT molecular complexity index is 1180. The van der Waals surface area contributed by atoms with Crippen molar-refractivity contribution in [1.82, 2.24) is 19.9 Å². The highest BCUT2D eigenvalue weighted by atomic mass is 16.3. The summed E-state index contributed by atoms with van der Waals surface area (Å²) in [7, 11) is 1.77. The van der Waals surface area contributed by atoms with Gasteiger partial charge in [0.2, 0.25) is 5.95 Å². The van der Waals surface area contributed by atoms with E-state index in [1.807, 2.05) is 31.3 Å². The number of nitrogens with two attached hydrogens (primary N) is 1. The Labute approximate surface area is 201 Å². The number of nitrogens with zero attached hydrogens (tertiary/aromatic N) is 3. The monoisotopic (exact) mass is 466 g/mol. The van der Waals surface area contributed by atoms with Crippen LogP contribution in [0.2, 0.25) is 0 Å². The predicted molar refractivity (Wildman–Crippen MR) is 140 cm³/mol. The Kier molecular flexibility index (Phi) is 8.63. The van der Waals surface area contributed by atoms with E-state index in [1.165, 1.54) is 0 Å². The lowest BCUT2D eigenvalue weighted by Gasteiger charge is -2.30. The van der Waals surface area contributed by atoms with Gasteiger partial charge in [-0.2, -0.15) is 4.98 Å². The third-order valence-electron chi connectivity index (χ3n) is 6.21. The maximum Gasteiger partial charge on any atom is 0.250 e. The smallest absolute Gasteiger partial charge is 0.250 e. The van der Waals surface area contributed by atoms with Crippen LogP contribution in [0.1, 0.15) is 58.4 Å². The summed E-state index contributed by atoms with van der Waals surface area (Å²) in [6, 6.07) is 7.57. The van der Waals surface area contributed by atoms with Gasteiger partial charge in [-0.1, -0.05) is 39.2 Å². The van der Waals surface area contributed by atoms with E-state index in [0.29, 0.717) is 17.9 Å². The highest BCUT2D eigenvalue weighted by Crippen LogP contribution is 2.31. The molecular weight excluding hydrogens is 428 g/mol. The summed E-state index contributed by atoms with van der Waals surface area (Å²) in [6.45, 7) is 7.86. The van der Waals surface area contributed by atoms with E-state index < -0.39 is 5.54 Å². The quantitative estimate of drug-likeness (QED) is 0.300.